The molecule has 0 amide bonds. The van der Waals surface area contributed by atoms with Crippen LogP contribution in [0.4, 0.5) is 0 Å². The minimum absolute atomic E-state index is 0.0253. The van der Waals surface area contributed by atoms with Crippen LogP contribution in [0.25, 0.3) is 0 Å². The summed E-state index contributed by atoms with van der Waals surface area (Å²) in [7, 11) is 0. The van der Waals surface area contributed by atoms with Gasteiger partial charge in [0.25, 0.3) is 0 Å². The Bertz CT molecular complexity index is 436. The molecule has 1 atom stereocenters. The molecule has 3 N–H and O–H groups in total. The Labute approximate surface area is 140 Å². The minimum atomic E-state index is -1.97. The van der Waals surface area contributed by atoms with E-state index in [-0.39, 0.29) is 5.92 Å². The second-order valence-corrected chi connectivity index (χ2v) is 6.88. The average Bonchev–Trinajstić information content (AvgIpc) is 2.49. The molecule has 0 radical (unpaired) electrons. The normalized spacial score (nSPS) is 20.9. The molecule has 0 saturated carbocycles. The Hall–Kier alpha value is -1.13. The van der Waals surface area contributed by atoms with Gasteiger partial charge in [0.2, 0.25) is 0 Å². The fraction of sp³-hybridized carbons (Fsp3) is 0.737. The SMILES string of the molecule is CCCCCCCCCC1=CC(/C=N\O)C(O)(O)C(C(C)C)=C1. The Balaban J connectivity index is 2.59. The van der Waals surface area contributed by atoms with E-state index >= 15 is 0 Å². The van der Waals surface area contributed by atoms with E-state index < -0.39 is 11.7 Å². The molecular weight excluding hydrogens is 290 g/mol. The summed E-state index contributed by atoms with van der Waals surface area (Å²) in [5.74, 6) is -2.64. The lowest BCUT2D eigenvalue weighted by Gasteiger charge is -2.35. The molecule has 0 aromatic rings. The quantitative estimate of drug-likeness (QED) is 0.183. The highest BCUT2D eigenvalue weighted by molar-refractivity contribution is 5.67. The van der Waals surface area contributed by atoms with Gasteiger partial charge in [-0.25, -0.2) is 0 Å². The van der Waals surface area contributed by atoms with Gasteiger partial charge in [0, 0.05) is 0 Å². The molecular formula is C19H33NO3. The van der Waals surface area contributed by atoms with E-state index in [1.807, 2.05) is 26.0 Å². The Morgan fingerprint density at radius 2 is 1.74 bits per heavy atom. The number of unbranched alkanes of at least 4 members (excludes halogenated alkanes) is 6. The van der Waals surface area contributed by atoms with Crippen LogP contribution in [-0.2, 0) is 0 Å². The lowest BCUT2D eigenvalue weighted by Crippen LogP contribution is -2.43. The molecule has 0 saturated heterocycles. The lowest BCUT2D eigenvalue weighted by molar-refractivity contribution is -0.147. The van der Waals surface area contributed by atoms with E-state index in [0.717, 1.165) is 18.4 Å². The molecule has 4 heteroatoms. The van der Waals surface area contributed by atoms with Crippen LogP contribution < -0.4 is 0 Å². The highest BCUT2D eigenvalue weighted by Crippen LogP contribution is 2.36. The van der Waals surface area contributed by atoms with Gasteiger partial charge in [-0.15, -0.1) is 5.16 Å². The standard InChI is InChI=1S/C19H33NO3/c1-4-5-6-7-8-9-10-11-16-12-17(14-20-23)19(21,22)18(13-16)15(2)3/h12-15,17,21-23H,4-11H2,1-3H3/b20-14-. The van der Waals surface area contributed by atoms with Crippen molar-refractivity contribution in [2.75, 3.05) is 0 Å². The maximum atomic E-state index is 10.3. The number of aliphatic hydroxyl groups is 2. The van der Waals surface area contributed by atoms with Crippen LogP contribution in [0, 0.1) is 11.8 Å². The smallest absolute Gasteiger partial charge is 0.198 e. The van der Waals surface area contributed by atoms with E-state index in [9.17, 15) is 10.2 Å². The second kappa shape index (κ2) is 9.89. The van der Waals surface area contributed by atoms with Gasteiger partial charge >= 0.3 is 0 Å². The molecule has 0 fully saturated rings. The van der Waals surface area contributed by atoms with Gasteiger partial charge in [-0.3, -0.25) is 0 Å². The van der Waals surface area contributed by atoms with E-state index in [2.05, 4.69) is 12.1 Å². The number of nitrogens with zero attached hydrogens (tertiary/aromatic N) is 1. The molecule has 1 aliphatic rings. The van der Waals surface area contributed by atoms with E-state index in [1.165, 1.54) is 44.7 Å². The summed E-state index contributed by atoms with van der Waals surface area (Å²) in [5, 5.41) is 32.5. The molecule has 0 aliphatic heterocycles. The summed E-state index contributed by atoms with van der Waals surface area (Å²) >= 11 is 0. The molecule has 0 aromatic carbocycles. The summed E-state index contributed by atoms with van der Waals surface area (Å²) < 4.78 is 0. The zero-order valence-corrected chi connectivity index (χ0v) is 14.8. The molecule has 4 nitrogen and oxygen atoms in total. The van der Waals surface area contributed by atoms with Crippen LogP contribution in [-0.4, -0.2) is 27.4 Å². The Morgan fingerprint density at radius 3 is 2.30 bits per heavy atom. The predicted molar refractivity (Wildman–Crippen MR) is 94.6 cm³/mol. The Morgan fingerprint density at radius 1 is 1.13 bits per heavy atom. The van der Waals surface area contributed by atoms with Crippen molar-refractivity contribution in [3.8, 4) is 0 Å². The molecule has 1 rings (SSSR count). The summed E-state index contributed by atoms with van der Waals surface area (Å²) in [5.41, 5.74) is 1.69. The van der Waals surface area contributed by atoms with Gasteiger partial charge in [0.15, 0.2) is 5.79 Å². The summed E-state index contributed by atoms with van der Waals surface area (Å²) in [6, 6.07) is 0. The van der Waals surface area contributed by atoms with Crippen molar-refractivity contribution in [3.05, 3.63) is 23.3 Å². The van der Waals surface area contributed by atoms with Crippen LogP contribution in [0.5, 0.6) is 0 Å². The van der Waals surface area contributed by atoms with Crippen molar-refractivity contribution >= 4 is 6.21 Å². The highest BCUT2D eigenvalue weighted by Gasteiger charge is 2.40. The monoisotopic (exact) mass is 323 g/mol. The van der Waals surface area contributed by atoms with Crippen LogP contribution in [0.1, 0.15) is 72.1 Å². The largest absolute Gasteiger partial charge is 0.411 e. The lowest BCUT2D eigenvalue weighted by atomic mass is 9.79. The van der Waals surface area contributed by atoms with Crippen LogP contribution in [0.3, 0.4) is 0 Å². The first-order chi connectivity index (χ1) is 10.9. The van der Waals surface area contributed by atoms with Crippen LogP contribution >= 0.6 is 0 Å². The van der Waals surface area contributed by atoms with Gasteiger partial charge in [0.05, 0.1) is 12.1 Å². The maximum Gasteiger partial charge on any atom is 0.198 e. The molecule has 0 aromatic heterocycles. The first-order valence-corrected chi connectivity index (χ1v) is 8.98. The topological polar surface area (TPSA) is 73.1 Å². The van der Waals surface area contributed by atoms with Gasteiger partial charge in [-0.1, -0.05) is 77.0 Å². The maximum absolute atomic E-state index is 10.3. The zero-order valence-electron chi connectivity index (χ0n) is 14.8. The fourth-order valence-electron chi connectivity index (χ4n) is 3.15. The van der Waals surface area contributed by atoms with Crippen molar-refractivity contribution in [2.24, 2.45) is 17.0 Å². The van der Waals surface area contributed by atoms with Gasteiger partial charge in [0.1, 0.15) is 0 Å². The van der Waals surface area contributed by atoms with E-state index in [1.54, 1.807) is 0 Å². The number of oxime groups is 1. The van der Waals surface area contributed by atoms with Crippen molar-refractivity contribution in [1.82, 2.24) is 0 Å². The predicted octanol–water partition coefficient (Wildman–Crippen LogP) is 4.41. The minimum Gasteiger partial charge on any atom is -0.411 e. The van der Waals surface area contributed by atoms with Crippen molar-refractivity contribution in [2.45, 2.75) is 77.9 Å². The number of hydrogen-bond donors (Lipinski definition) is 3. The van der Waals surface area contributed by atoms with E-state index in [4.69, 9.17) is 5.21 Å². The zero-order chi connectivity index (χ0) is 17.3. The van der Waals surface area contributed by atoms with Crippen molar-refractivity contribution < 1.29 is 15.4 Å². The third kappa shape index (κ3) is 6.11. The van der Waals surface area contributed by atoms with Gasteiger partial charge < -0.3 is 15.4 Å². The summed E-state index contributed by atoms with van der Waals surface area (Å²) in [6.07, 6.45) is 14.6. The van der Waals surface area contributed by atoms with Crippen molar-refractivity contribution in [3.63, 3.8) is 0 Å². The second-order valence-electron chi connectivity index (χ2n) is 6.88. The van der Waals surface area contributed by atoms with Crippen LogP contribution in [0.15, 0.2) is 28.5 Å². The third-order valence-corrected chi connectivity index (χ3v) is 4.54. The Kier molecular flexibility index (Phi) is 8.56. The molecule has 0 spiro atoms. The third-order valence-electron chi connectivity index (χ3n) is 4.54. The van der Waals surface area contributed by atoms with Gasteiger partial charge in [-0.05, 0) is 24.3 Å². The molecule has 0 bridgehead atoms. The highest BCUT2D eigenvalue weighted by atomic mass is 16.5. The molecule has 23 heavy (non-hydrogen) atoms. The molecule has 1 unspecified atom stereocenters. The molecule has 132 valence electrons. The average molecular weight is 323 g/mol. The first kappa shape index (κ1) is 19.9. The van der Waals surface area contributed by atoms with E-state index in [0.29, 0.717) is 5.57 Å². The number of rotatable bonds is 10. The number of allylic oxidation sites excluding steroid dienone is 2. The summed E-state index contributed by atoms with van der Waals surface area (Å²) in [6.45, 7) is 6.11. The molecule has 1 aliphatic carbocycles. The van der Waals surface area contributed by atoms with Gasteiger partial charge in [-0.2, -0.15) is 0 Å². The number of hydrogen-bond acceptors (Lipinski definition) is 4. The molecule has 0 heterocycles. The van der Waals surface area contributed by atoms with Crippen LogP contribution in [0.2, 0.25) is 0 Å². The summed E-state index contributed by atoms with van der Waals surface area (Å²) in [4.78, 5) is 0. The van der Waals surface area contributed by atoms with Crippen molar-refractivity contribution in [1.29, 1.82) is 0 Å². The first-order valence-electron chi connectivity index (χ1n) is 8.98. The fourth-order valence-corrected chi connectivity index (χ4v) is 3.15.